The molecule has 100 valence electrons. The van der Waals surface area contributed by atoms with Gasteiger partial charge in [-0.05, 0) is 13.3 Å². The van der Waals surface area contributed by atoms with Crippen LogP contribution in [0.3, 0.4) is 0 Å². The minimum absolute atomic E-state index is 0.466. The monoisotopic (exact) mass is 259 g/mol. The summed E-state index contributed by atoms with van der Waals surface area (Å²) >= 11 is 0. The number of nitrogen functional groups attached to an aromatic ring is 1. The van der Waals surface area contributed by atoms with Crippen LogP contribution in [-0.4, -0.2) is 29.1 Å². The summed E-state index contributed by atoms with van der Waals surface area (Å²) in [5, 5.41) is 8.84. The summed E-state index contributed by atoms with van der Waals surface area (Å²) in [5.74, 6) is 0.466. The lowest BCUT2D eigenvalue weighted by Crippen LogP contribution is -2.06. The number of nitrogens with zero attached hydrogens (tertiary/aromatic N) is 6. The Bertz CT molecular complexity index is 759. The van der Waals surface area contributed by atoms with E-state index >= 15 is 0 Å². The van der Waals surface area contributed by atoms with E-state index in [0.29, 0.717) is 5.95 Å². The Kier molecular flexibility index (Phi) is 2.38. The fourth-order valence-corrected chi connectivity index (χ4v) is 2.49. The number of fused-ring (bicyclic) bond motifs is 1. The number of aryl methyl sites for hydroxylation is 4. The van der Waals surface area contributed by atoms with E-state index in [2.05, 4.69) is 22.1 Å². The molecule has 0 amide bonds. The summed E-state index contributed by atoms with van der Waals surface area (Å²) in [6.07, 6.45) is 2.80. The predicted molar refractivity (Wildman–Crippen MR) is 73.1 cm³/mol. The van der Waals surface area contributed by atoms with E-state index in [4.69, 9.17) is 5.73 Å². The van der Waals surface area contributed by atoms with Crippen LogP contribution in [0.2, 0.25) is 0 Å². The summed E-state index contributed by atoms with van der Waals surface area (Å²) in [6.45, 7) is 4.01. The molecule has 0 radical (unpaired) electrons. The molecule has 0 aliphatic heterocycles. The molecule has 3 aromatic heterocycles. The van der Waals surface area contributed by atoms with Gasteiger partial charge in [0, 0.05) is 20.3 Å². The molecule has 0 bridgehead atoms. The van der Waals surface area contributed by atoms with Gasteiger partial charge >= 0.3 is 0 Å². The van der Waals surface area contributed by atoms with Crippen molar-refractivity contribution in [1.82, 2.24) is 29.1 Å². The molecule has 0 spiro atoms. The van der Waals surface area contributed by atoms with Crippen molar-refractivity contribution in [2.24, 2.45) is 14.1 Å². The number of aromatic nitrogens is 6. The van der Waals surface area contributed by atoms with Crippen LogP contribution in [0.5, 0.6) is 0 Å². The number of hydrogen-bond acceptors (Lipinski definition) is 4. The highest BCUT2D eigenvalue weighted by atomic mass is 15.4. The van der Waals surface area contributed by atoms with E-state index in [1.807, 2.05) is 31.8 Å². The van der Waals surface area contributed by atoms with Gasteiger partial charge < -0.3 is 5.73 Å². The first kappa shape index (κ1) is 11.8. The third-order valence-electron chi connectivity index (χ3n) is 3.29. The number of imidazole rings is 1. The largest absolute Gasteiger partial charge is 0.369 e. The van der Waals surface area contributed by atoms with Crippen molar-refractivity contribution >= 4 is 17.1 Å². The second kappa shape index (κ2) is 3.84. The van der Waals surface area contributed by atoms with Crippen molar-refractivity contribution in [3.05, 3.63) is 17.6 Å². The van der Waals surface area contributed by atoms with Crippen LogP contribution < -0.4 is 5.73 Å². The van der Waals surface area contributed by atoms with Gasteiger partial charge in [-0.2, -0.15) is 10.2 Å². The van der Waals surface area contributed by atoms with Crippen molar-refractivity contribution in [3.63, 3.8) is 0 Å². The fraction of sp³-hybridized carbons (Fsp3) is 0.417. The van der Waals surface area contributed by atoms with E-state index in [-0.39, 0.29) is 0 Å². The predicted octanol–water partition coefficient (Wildman–Crippen LogP) is 0.946. The number of hydrogen-bond donors (Lipinski definition) is 1. The van der Waals surface area contributed by atoms with Gasteiger partial charge in [0.25, 0.3) is 0 Å². The maximum Gasteiger partial charge on any atom is 0.207 e. The second-order valence-corrected chi connectivity index (χ2v) is 4.67. The number of rotatable bonds is 2. The van der Waals surface area contributed by atoms with Crippen molar-refractivity contribution in [1.29, 1.82) is 0 Å². The average Bonchev–Trinajstić information content (AvgIpc) is 2.95. The van der Waals surface area contributed by atoms with Crippen LogP contribution >= 0.6 is 0 Å². The van der Waals surface area contributed by atoms with Gasteiger partial charge in [0.05, 0.1) is 17.1 Å². The zero-order valence-electron chi connectivity index (χ0n) is 11.5. The van der Waals surface area contributed by atoms with Crippen molar-refractivity contribution in [2.45, 2.75) is 20.3 Å². The second-order valence-electron chi connectivity index (χ2n) is 4.67. The minimum Gasteiger partial charge on any atom is -0.369 e. The molecular formula is C12H17N7. The summed E-state index contributed by atoms with van der Waals surface area (Å²) in [7, 11) is 3.80. The highest BCUT2D eigenvalue weighted by Crippen LogP contribution is 2.26. The van der Waals surface area contributed by atoms with Crippen LogP contribution in [-0.2, 0) is 20.5 Å². The first-order valence-electron chi connectivity index (χ1n) is 6.23. The lowest BCUT2D eigenvalue weighted by molar-refractivity contribution is 0.746. The molecule has 2 N–H and O–H groups in total. The fourth-order valence-electron chi connectivity index (χ4n) is 2.49. The molecule has 7 nitrogen and oxygen atoms in total. The lowest BCUT2D eigenvalue weighted by Gasteiger charge is -2.05. The molecule has 0 aliphatic rings. The molecule has 0 saturated carbocycles. The van der Waals surface area contributed by atoms with Gasteiger partial charge in [0.1, 0.15) is 5.52 Å². The normalized spacial score (nSPS) is 11.6. The van der Waals surface area contributed by atoms with Crippen LogP contribution in [0.15, 0.2) is 6.20 Å². The Labute approximate surface area is 110 Å². The minimum atomic E-state index is 0.466. The quantitative estimate of drug-likeness (QED) is 0.743. The molecule has 19 heavy (non-hydrogen) atoms. The molecule has 3 rings (SSSR count). The molecular weight excluding hydrogens is 242 g/mol. The van der Waals surface area contributed by atoms with E-state index < -0.39 is 0 Å². The summed E-state index contributed by atoms with van der Waals surface area (Å²) < 4.78 is 5.52. The molecule has 0 unspecified atom stereocenters. The molecule has 0 saturated heterocycles. The van der Waals surface area contributed by atoms with Crippen LogP contribution in [0.1, 0.15) is 18.3 Å². The maximum absolute atomic E-state index is 6.07. The zero-order valence-corrected chi connectivity index (χ0v) is 11.5. The van der Waals surface area contributed by atoms with Gasteiger partial charge in [0.2, 0.25) is 5.95 Å². The summed E-state index contributed by atoms with van der Waals surface area (Å²) in [6, 6.07) is 0. The summed E-state index contributed by atoms with van der Waals surface area (Å²) in [4.78, 5) is 4.41. The molecule has 0 fully saturated rings. The van der Waals surface area contributed by atoms with Crippen LogP contribution in [0, 0.1) is 6.92 Å². The van der Waals surface area contributed by atoms with Crippen molar-refractivity contribution in [3.8, 4) is 5.69 Å². The van der Waals surface area contributed by atoms with E-state index in [1.165, 1.54) is 0 Å². The average molecular weight is 259 g/mol. The Hall–Kier alpha value is -2.31. The van der Waals surface area contributed by atoms with Crippen molar-refractivity contribution in [2.75, 3.05) is 5.73 Å². The van der Waals surface area contributed by atoms with Gasteiger partial charge in [-0.25, -0.2) is 9.67 Å². The van der Waals surface area contributed by atoms with Crippen LogP contribution in [0.25, 0.3) is 16.9 Å². The Morgan fingerprint density at radius 3 is 2.68 bits per heavy atom. The first-order valence-corrected chi connectivity index (χ1v) is 6.23. The highest BCUT2D eigenvalue weighted by molar-refractivity contribution is 5.80. The van der Waals surface area contributed by atoms with Crippen molar-refractivity contribution < 1.29 is 0 Å². The topological polar surface area (TPSA) is 79.5 Å². The molecule has 0 aromatic carbocycles. The maximum atomic E-state index is 6.07. The highest BCUT2D eigenvalue weighted by Gasteiger charge is 2.20. The third kappa shape index (κ3) is 1.54. The molecule has 7 heteroatoms. The SMILES string of the molecule is CCc1nn(C)cc1-n1c(N)nc2c(C)nn(C)c21. The standard InChI is InChI=1S/C12H17N7/c1-5-8-9(6-17(3)16-8)19-11-10(14-12(19)13)7(2)15-18(11)4/h6H,5H2,1-4H3,(H2,13,14). The van der Waals surface area contributed by atoms with Crippen LogP contribution in [0.4, 0.5) is 5.95 Å². The Balaban J connectivity index is 2.38. The Morgan fingerprint density at radius 1 is 1.26 bits per heavy atom. The van der Waals surface area contributed by atoms with Gasteiger partial charge in [-0.15, -0.1) is 0 Å². The van der Waals surface area contributed by atoms with E-state index in [1.54, 1.807) is 9.36 Å². The van der Waals surface area contributed by atoms with Gasteiger partial charge in [-0.3, -0.25) is 9.25 Å². The van der Waals surface area contributed by atoms with E-state index in [9.17, 15) is 0 Å². The molecule has 0 atom stereocenters. The Morgan fingerprint density at radius 2 is 2.00 bits per heavy atom. The smallest absolute Gasteiger partial charge is 0.207 e. The number of nitrogens with two attached hydrogens (primary N) is 1. The number of anilines is 1. The summed E-state index contributed by atoms with van der Waals surface area (Å²) in [5.41, 5.74) is 10.7. The lowest BCUT2D eigenvalue weighted by atomic mass is 10.3. The van der Waals surface area contributed by atoms with Gasteiger partial charge in [-0.1, -0.05) is 6.92 Å². The molecule has 0 aliphatic carbocycles. The molecule has 3 heterocycles. The first-order chi connectivity index (χ1) is 9.02. The zero-order chi connectivity index (χ0) is 13.7. The molecule has 3 aromatic rings. The van der Waals surface area contributed by atoms with Gasteiger partial charge in [0.15, 0.2) is 5.65 Å². The van der Waals surface area contributed by atoms with E-state index in [0.717, 1.165) is 34.7 Å². The third-order valence-corrected chi connectivity index (χ3v) is 3.29.